The zero-order valence-corrected chi connectivity index (χ0v) is 12.8. The van der Waals surface area contributed by atoms with Crippen LogP contribution in [0.2, 0.25) is 10.0 Å². The predicted octanol–water partition coefficient (Wildman–Crippen LogP) is 3.70. The molecular weight excluding hydrogens is 362 g/mol. The monoisotopic (exact) mass is 369 g/mol. The predicted molar refractivity (Wildman–Crippen MR) is 77.8 cm³/mol. The molecular formula is C11H8Cl2F3N5O2. The number of benzene rings is 1. The summed E-state index contributed by atoms with van der Waals surface area (Å²) < 4.78 is 39.1. The Labute approximate surface area is 136 Å². The summed E-state index contributed by atoms with van der Waals surface area (Å²) in [5, 5.41) is 14.1. The van der Waals surface area contributed by atoms with E-state index in [1.165, 1.54) is 6.92 Å². The molecule has 23 heavy (non-hydrogen) atoms. The minimum absolute atomic E-state index is 0.0185. The zero-order chi connectivity index (χ0) is 17.5. The molecule has 0 amide bonds. The van der Waals surface area contributed by atoms with Gasteiger partial charge >= 0.3 is 11.9 Å². The second-order valence-electron chi connectivity index (χ2n) is 4.38. The number of nitrogens with zero attached hydrogens (tertiary/aromatic N) is 3. The lowest BCUT2D eigenvalue weighted by molar-refractivity contribution is -0.384. The van der Waals surface area contributed by atoms with Gasteiger partial charge in [-0.05, 0) is 19.1 Å². The number of nitrogen functional groups attached to an aromatic ring is 1. The first-order chi connectivity index (χ1) is 10.6. The third-order valence-electron chi connectivity index (χ3n) is 2.90. The molecule has 0 aliphatic rings. The van der Waals surface area contributed by atoms with E-state index in [1.807, 2.05) is 0 Å². The van der Waals surface area contributed by atoms with Crippen molar-refractivity contribution >= 4 is 34.7 Å². The lowest BCUT2D eigenvalue weighted by atomic mass is 10.2. The van der Waals surface area contributed by atoms with Gasteiger partial charge in [-0.25, -0.2) is 10.5 Å². The molecule has 12 heteroatoms. The van der Waals surface area contributed by atoms with E-state index < -0.39 is 32.4 Å². The maximum atomic E-state index is 12.7. The highest BCUT2D eigenvalue weighted by Gasteiger charge is 2.33. The number of nitrogens with two attached hydrogens (primary N) is 1. The SMILES string of the molecule is Cc1nn(-c2c(Cl)cc(C(F)(F)F)cc2Cl)c(NN)c1[N+](=O)[O-]. The highest BCUT2D eigenvalue weighted by Crippen LogP contribution is 2.40. The Morgan fingerprint density at radius 3 is 2.26 bits per heavy atom. The summed E-state index contributed by atoms with van der Waals surface area (Å²) in [5.41, 5.74) is 0.400. The molecule has 3 N–H and O–H groups in total. The summed E-state index contributed by atoms with van der Waals surface area (Å²) in [6.45, 7) is 1.33. The van der Waals surface area contributed by atoms with Crippen LogP contribution in [-0.4, -0.2) is 14.7 Å². The van der Waals surface area contributed by atoms with Gasteiger partial charge in [0.15, 0.2) is 0 Å². The maximum Gasteiger partial charge on any atom is 0.416 e. The van der Waals surface area contributed by atoms with Gasteiger partial charge < -0.3 is 5.43 Å². The Bertz CT molecular complexity index is 768. The summed E-state index contributed by atoms with van der Waals surface area (Å²) in [5.74, 6) is 4.99. The van der Waals surface area contributed by atoms with Crippen molar-refractivity contribution in [2.75, 3.05) is 5.43 Å². The van der Waals surface area contributed by atoms with Gasteiger partial charge in [-0.1, -0.05) is 23.2 Å². The number of nitrogens with one attached hydrogen (secondary N) is 1. The second kappa shape index (κ2) is 5.87. The van der Waals surface area contributed by atoms with E-state index >= 15 is 0 Å². The third-order valence-corrected chi connectivity index (χ3v) is 3.48. The van der Waals surface area contributed by atoms with Crippen LogP contribution in [0.25, 0.3) is 5.69 Å². The highest BCUT2D eigenvalue weighted by molar-refractivity contribution is 6.38. The number of rotatable bonds is 3. The normalized spacial score (nSPS) is 11.6. The molecule has 0 unspecified atom stereocenters. The van der Waals surface area contributed by atoms with E-state index in [9.17, 15) is 23.3 Å². The summed E-state index contributed by atoms with van der Waals surface area (Å²) >= 11 is 11.7. The molecule has 0 aliphatic carbocycles. The molecule has 1 aromatic carbocycles. The number of anilines is 1. The van der Waals surface area contributed by atoms with Crippen LogP contribution in [-0.2, 0) is 6.18 Å². The van der Waals surface area contributed by atoms with E-state index in [4.69, 9.17) is 29.0 Å². The standard InChI is InChI=1S/C11H8Cl2F3N5O2/c1-4-8(21(22)23)10(18-17)20(19-4)9-6(12)2-5(3-7(9)13)11(14,15)16/h2-3,18H,17H2,1H3. The molecule has 1 heterocycles. The highest BCUT2D eigenvalue weighted by atomic mass is 35.5. The average Bonchev–Trinajstić information content (AvgIpc) is 2.73. The van der Waals surface area contributed by atoms with Crippen molar-refractivity contribution in [3.05, 3.63) is 43.5 Å². The number of hydrogen-bond acceptors (Lipinski definition) is 5. The lowest BCUT2D eigenvalue weighted by Crippen LogP contribution is -2.14. The van der Waals surface area contributed by atoms with Crippen LogP contribution in [0.4, 0.5) is 24.7 Å². The number of halogens is 5. The van der Waals surface area contributed by atoms with E-state index in [2.05, 4.69) is 10.5 Å². The quantitative estimate of drug-likeness (QED) is 0.488. The summed E-state index contributed by atoms with van der Waals surface area (Å²) in [6, 6.07) is 1.29. The topological polar surface area (TPSA) is 99.0 Å². The van der Waals surface area contributed by atoms with Crippen molar-refractivity contribution in [1.82, 2.24) is 9.78 Å². The molecule has 2 rings (SSSR count). The first-order valence-corrected chi connectivity index (χ1v) is 6.60. The van der Waals surface area contributed by atoms with Gasteiger partial charge in [0.25, 0.3) is 0 Å². The summed E-state index contributed by atoms with van der Waals surface area (Å²) in [7, 11) is 0. The largest absolute Gasteiger partial charge is 0.416 e. The van der Waals surface area contributed by atoms with Crippen molar-refractivity contribution in [1.29, 1.82) is 0 Å². The number of nitro groups is 1. The molecule has 1 aromatic heterocycles. The van der Waals surface area contributed by atoms with Crippen molar-refractivity contribution in [3.8, 4) is 5.69 Å². The van der Waals surface area contributed by atoms with E-state index in [-0.39, 0.29) is 17.2 Å². The van der Waals surface area contributed by atoms with Crippen LogP contribution in [0.15, 0.2) is 12.1 Å². The molecule has 0 saturated carbocycles. The Morgan fingerprint density at radius 2 is 1.87 bits per heavy atom. The van der Waals surface area contributed by atoms with Gasteiger partial charge in [0.2, 0.25) is 5.82 Å². The van der Waals surface area contributed by atoms with Gasteiger partial charge in [-0.2, -0.15) is 18.3 Å². The van der Waals surface area contributed by atoms with Crippen molar-refractivity contribution in [2.45, 2.75) is 13.1 Å². The molecule has 7 nitrogen and oxygen atoms in total. The fourth-order valence-corrected chi connectivity index (χ4v) is 2.61. The Kier molecular flexibility index (Phi) is 4.42. The van der Waals surface area contributed by atoms with Gasteiger partial charge in [-0.15, -0.1) is 0 Å². The number of hydrogen-bond donors (Lipinski definition) is 2. The van der Waals surface area contributed by atoms with E-state index in [0.717, 1.165) is 4.68 Å². The number of hydrazine groups is 1. The molecule has 0 fully saturated rings. The van der Waals surface area contributed by atoms with Gasteiger partial charge in [0.05, 0.1) is 20.5 Å². The van der Waals surface area contributed by atoms with Crippen LogP contribution in [0.5, 0.6) is 0 Å². The first kappa shape index (κ1) is 17.3. The Morgan fingerprint density at radius 1 is 1.35 bits per heavy atom. The van der Waals surface area contributed by atoms with E-state index in [1.54, 1.807) is 0 Å². The van der Waals surface area contributed by atoms with E-state index in [0.29, 0.717) is 12.1 Å². The van der Waals surface area contributed by atoms with Crippen LogP contribution >= 0.6 is 23.2 Å². The second-order valence-corrected chi connectivity index (χ2v) is 5.20. The summed E-state index contributed by atoms with van der Waals surface area (Å²) in [6.07, 6.45) is -4.65. The van der Waals surface area contributed by atoms with Crippen LogP contribution in [0, 0.1) is 17.0 Å². The molecule has 0 radical (unpaired) electrons. The average molecular weight is 370 g/mol. The minimum Gasteiger partial charge on any atom is -0.303 e. The van der Waals surface area contributed by atoms with Gasteiger partial charge in [-0.3, -0.25) is 10.1 Å². The van der Waals surface area contributed by atoms with Crippen LogP contribution in [0.1, 0.15) is 11.3 Å². The van der Waals surface area contributed by atoms with Gasteiger partial charge in [0, 0.05) is 0 Å². The van der Waals surface area contributed by atoms with Gasteiger partial charge in [0.1, 0.15) is 11.4 Å². The van der Waals surface area contributed by atoms with Crippen molar-refractivity contribution in [2.24, 2.45) is 5.84 Å². The maximum absolute atomic E-state index is 12.7. The molecule has 0 saturated heterocycles. The third kappa shape index (κ3) is 3.05. The van der Waals surface area contributed by atoms with Crippen molar-refractivity contribution < 1.29 is 18.1 Å². The molecule has 0 atom stereocenters. The fraction of sp³-hybridized carbons (Fsp3) is 0.182. The number of aromatic nitrogens is 2. The molecule has 0 bridgehead atoms. The smallest absolute Gasteiger partial charge is 0.303 e. The number of alkyl halides is 3. The van der Waals surface area contributed by atoms with Crippen LogP contribution < -0.4 is 11.3 Å². The van der Waals surface area contributed by atoms with Crippen molar-refractivity contribution in [3.63, 3.8) is 0 Å². The van der Waals surface area contributed by atoms with Crippen LogP contribution in [0.3, 0.4) is 0 Å². The molecule has 124 valence electrons. The fourth-order valence-electron chi connectivity index (χ4n) is 1.96. The Hall–Kier alpha value is -2.04. The summed E-state index contributed by atoms with van der Waals surface area (Å²) in [4.78, 5) is 10.3. The molecule has 0 aliphatic heterocycles. The Balaban J connectivity index is 2.74. The number of aryl methyl sites for hydroxylation is 1. The zero-order valence-electron chi connectivity index (χ0n) is 11.3. The minimum atomic E-state index is -4.65. The molecule has 2 aromatic rings. The first-order valence-electron chi connectivity index (χ1n) is 5.85. The molecule has 0 spiro atoms. The lowest BCUT2D eigenvalue weighted by Gasteiger charge is -2.13.